The maximum Gasteiger partial charge on any atom is 0.224 e. The smallest absolute Gasteiger partial charge is 0.224 e. The minimum atomic E-state index is -0.809. The molecule has 0 saturated heterocycles. The van der Waals surface area contributed by atoms with Crippen LogP contribution >= 0.6 is 15.9 Å². The quantitative estimate of drug-likeness (QED) is 0.646. The van der Waals surface area contributed by atoms with Crippen LogP contribution in [0.25, 0.3) is 0 Å². The molecule has 0 bridgehead atoms. The van der Waals surface area contributed by atoms with Crippen molar-refractivity contribution in [3.05, 3.63) is 58.1 Å². The van der Waals surface area contributed by atoms with Gasteiger partial charge in [0.1, 0.15) is 11.6 Å². The number of halogens is 3. The van der Waals surface area contributed by atoms with Crippen LogP contribution in [0.15, 0.2) is 40.9 Å². The molecule has 3 N–H and O–H groups in total. The molecule has 0 unspecified atom stereocenters. The number of carbonyl (C=O) groups excluding carboxylic acids is 1. The molecule has 110 valence electrons. The summed E-state index contributed by atoms with van der Waals surface area (Å²) in [6.07, 6.45) is 0.703. The number of carbonyl (C=O) groups is 1. The average Bonchev–Trinajstić information content (AvgIpc) is 2.44. The van der Waals surface area contributed by atoms with Crippen LogP contribution in [0.5, 0.6) is 0 Å². The molecule has 0 aliphatic rings. The number of hydrogen-bond acceptors (Lipinski definition) is 2. The topological polar surface area (TPSA) is 55.1 Å². The van der Waals surface area contributed by atoms with Gasteiger partial charge >= 0.3 is 0 Å². The van der Waals surface area contributed by atoms with Crippen molar-refractivity contribution < 1.29 is 13.6 Å². The number of aryl methyl sites for hydroxylation is 1. The fourth-order valence-corrected chi connectivity index (χ4v) is 2.12. The van der Waals surface area contributed by atoms with Crippen molar-refractivity contribution in [2.75, 3.05) is 11.1 Å². The van der Waals surface area contributed by atoms with Crippen LogP contribution in [-0.2, 0) is 11.2 Å². The van der Waals surface area contributed by atoms with Gasteiger partial charge in [-0.05, 0) is 46.1 Å². The third kappa shape index (κ3) is 4.26. The number of hydrogen-bond donors (Lipinski definition) is 2. The largest absolute Gasteiger partial charge is 0.399 e. The van der Waals surface area contributed by atoms with Crippen molar-refractivity contribution >= 4 is 33.2 Å². The standard InChI is InChI=1S/C15H13BrF2N2O/c16-11-7-14(13(18)8-12(11)17)20-15(21)6-3-9-1-4-10(19)5-2-9/h1-2,4-5,7-8H,3,6,19H2,(H,20,21). The fourth-order valence-electron chi connectivity index (χ4n) is 1.77. The summed E-state index contributed by atoms with van der Waals surface area (Å²) in [5.74, 6) is -1.87. The van der Waals surface area contributed by atoms with E-state index in [0.717, 1.165) is 11.6 Å². The van der Waals surface area contributed by atoms with Crippen LogP contribution in [0, 0.1) is 11.6 Å². The van der Waals surface area contributed by atoms with Gasteiger partial charge in [-0.25, -0.2) is 8.78 Å². The lowest BCUT2D eigenvalue weighted by atomic mass is 10.1. The second-order valence-corrected chi connectivity index (χ2v) is 5.39. The predicted octanol–water partition coefficient (Wildman–Crippen LogP) is 3.88. The Bertz CT molecular complexity index is 659. The van der Waals surface area contributed by atoms with E-state index in [1.807, 2.05) is 12.1 Å². The van der Waals surface area contributed by atoms with Crippen molar-refractivity contribution in [3.63, 3.8) is 0 Å². The molecule has 21 heavy (non-hydrogen) atoms. The minimum Gasteiger partial charge on any atom is -0.399 e. The van der Waals surface area contributed by atoms with E-state index >= 15 is 0 Å². The molecule has 0 atom stereocenters. The number of anilines is 2. The lowest BCUT2D eigenvalue weighted by Gasteiger charge is -2.08. The Morgan fingerprint density at radius 3 is 2.48 bits per heavy atom. The maximum absolute atomic E-state index is 13.5. The van der Waals surface area contributed by atoms with Crippen molar-refractivity contribution in [1.29, 1.82) is 0 Å². The Balaban J connectivity index is 1.96. The van der Waals surface area contributed by atoms with Crippen molar-refractivity contribution in [1.82, 2.24) is 0 Å². The minimum absolute atomic E-state index is 0.0504. The molecule has 3 nitrogen and oxygen atoms in total. The van der Waals surface area contributed by atoms with Crippen LogP contribution in [0.2, 0.25) is 0 Å². The van der Waals surface area contributed by atoms with Crippen LogP contribution in [0.1, 0.15) is 12.0 Å². The Morgan fingerprint density at radius 2 is 1.81 bits per heavy atom. The summed E-state index contributed by atoms with van der Waals surface area (Å²) in [4.78, 5) is 11.8. The highest BCUT2D eigenvalue weighted by atomic mass is 79.9. The molecular formula is C15H13BrF2N2O. The third-order valence-electron chi connectivity index (χ3n) is 2.90. The normalized spacial score (nSPS) is 10.4. The molecule has 0 radical (unpaired) electrons. The van der Waals surface area contributed by atoms with Gasteiger partial charge in [0.2, 0.25) is 5.91 Å². The first-order valence-electron chi connectivity index (χ1n) is 6.24. The van der Waals surface area contributed by atoms with Crippen molar-refractivity contribution in [3.8, 4) is 0 Å². The number of rotatable bonds is 4. The molecule has 2 aromatic rings. The third-order valence-corrected chi connectivity index (χ3v) is 3.51. The highest BCUT2D eigenvalue weighted by Gasteiger charge is 2.11. The molecule has 2 rings (SSSR count). The van der Waals surface area contributed by atoms with Gasteiger partial charge in [0, 0.05) is 18.2 Å². The first-order valence-corrected chi connectivity index (χ1v) is 7.04. The molecule has 0 saturated carbocycles. The summed E-state index contributed by atoms with van der Waals surface area (Å²) in [6, 6.07) is 9.09. The van der Waals surface area contributed by atoms with Gasteiger partial charge in [-0.15, -0.1) is 0 Å². The molecule has 0 fully saturated rings. The first kappa shape index (κ1) is 15.4. The SMILES string of the molecule is Nc1ccc(CCC(=O)Nc2cc(Br)c(F)cc2F)cc1. The summed E-state index contributed by atoms with van der Waals surface area (Å²) in [5, 5.41) is 2.42. The van der Waals surface area contributed by atoms with Crippen LogP contribution < -0.4 is 11.1 Å². The van der Waals surface area contributed by atoms with Crippen LogP contribution in [-0.4, -0.2) is 5.91 Å². The second-order valence-electron chi connectivity index (χ2n) is 4.54. The second kappa shape index (κ2) is 6.67. The number of nitrogens with one attached hydrogen (secondary N) is 1. The van der Waals surface area contributed by atoms with E-state index in [0.29, 0.717) is 12.1 Å². The van der Waals surface area contributed by atoms with Crippen LogP contribution in [0.4, 0.5) is 20.2 Å². The first-order chi connectivity index (χ1) is 9.95. The Hall–Kier alpha value is -1.95. The molecule has 0 aliphatic heterocycles. The molecule has 0 aliphatic carbocycles. The lowest BCUT2D eigenvalue weighted by molar-refractivity contribution is -0.116. The monoisotopic (exact) mass is 354 g/mol. The molecule has 2 aromatic carbocycles. The van der Waals surface area contributed by atoms with Crippen molar-refractivity contribution in [2.24, 2.45) is 0 Å². The summed E-state index contributed by atoms with van der Waals surface area (Å²) in [7, 11) is 0. The van der Waals surface area contributed by atoms with Gasteiger partial charge in [0.25, 0.3) is 0 Å². The van der Waals surface area contributed by atoms with E-state index in [2.05, 4.69) is 21.2 Å². The lowest BCUT2D eigenvalue weighted by Crippen LogP contribution is -2.13. The highest BCUT2D eigenvalue weighted by molar-refractivity contribution is 9.10. The van der Waals surface area contributed by atoms with Gasteiger partial charge in [-0.3, -0.25) is 4.79 Å². The Kier molecular flexibility index (Phi) is 4.90. The summed E-state index contributed by atoms with van der Waals surface area (Å²) in [5.41, 5.74) is 7.13. The number of nitrogen functional groups attached to an aromatic ring is 1. The van der Waals surface area contributed by atoms with E-state index in [1.54, 1.807) is 12.1 Å². The van der Waals surface area contributed by atoms with E-state index in [4.69, 9.17) is 5.73 Å². The van der Waals surface area contributed by atoms with E-state index in [1.165, 1.54) is 6.07 Å². The number of amides is 1. The predicted molar refractivity (Wildman–Crippen MR) is 81.9 cm³/mol. The highest BCUT2D eigenvalue weighted by Crippen LogP contribution is 2.23. The van der Waals surface area contributed by atoms with Gasteiger partial charge in [0.05, 0.1) is 10.2 Å². The van der Waals surface area contributed by atoms with E-state index in [-0.39, 0.29) is 22.5 Å². The fraction of sp³-hybridized carbons (Fsp3) is 0.133. The summed E-state index contributed by atoms with van der Waals surface area (Å²) >= 11 is 2.95. The molecule has 1 amide bonds. The van der Waals surface area contributed by atoms with Crippen molar-refractivity contribution in [2.45, 2.75) is 12.8 Å². The zero-order chi connectivity index (χ0) is 15.4. The molecule has 0 heterocycles. The molecule has 0 spiro atoms. The molecule has 6 heteroatoms. The van der Waals surface area contributed by atoms with Gasteiger partial charge in [-0.2, -0.15) is 0 Å². The van der Waals surface area contributed by atoms with E-state index < -0.39 is 11.6 Å². The summed E-state index contributed by atoms with van der Waals surface area (Å²) in [6.45, 7) is 0. The van der Waals surface area contributed by atoms with Gasteiger partial charge < -0.3 is 11.1 Å². The average molecular weight is 355 g/mol. The molecular weight excluding hydrogens is 342 g/mol. The number of nitrogens with two attached hydrogens (primary N) is 1. The van der Waals surface area contributed by atoms with Gasteiger partial charge in [0.15, 0.2) is 0 Å². The summed E-state index contributed by atoms with van der Waals surface area (Å²) < 4.78 is 26.7. The molecule has 0 aromatic heterocycles. The number of benzene rings is 2. The Labute approximate surface area is 129 Å². The zero-order valence-electron chi connectivity index (χ0n) is 11.0. The van der Waals surface area contributed by atoms with E-state index in [9.17, 15) is 13.6 Å². The zero-order valence-corrected chi connectivity index (χ0v) is 12.6. The van der Waals surface area contributed by atoms with Gasteiger partial charge in [-0.1, -0.05) is 12.1 Å². The maximum atomic E-state index is 13.5. The van der Waals surface area contributed by atoms with Crippen LogP contribution in [0.3, 0.4) is 0 Å². The Morgan fingerprint density at radius 1 is 1.14 bits per heavy atom.